The highest BCUT2D eigenvalue weighted by Crippen LogP contribution is 2.22. The van der Waals surface area contributed by atoms with E-state index < -0.39 is 15.8 Å². The number of nitriles is 1. The quantitative estimate of drug-likeness (QED) is 0.784. The summed E-state index contributed by atoms with van der Waals surface area (Å²) < 4.78 is 27.7. The first-order chi connectivity index (χ1) is 9.50. The van der Waals surface area contributed by atoms with Crippen LogP contribution in [0, 0.1) is 17.2 Å². The van der Waals surface area contributed by atoms with Crippen LogP contribution in [0.1, 0.15) is 24.0 Å². The normalized spacial score (nSPS) is 20.2. The molecule has 1 heterocycles. The summed E-state index contributed by atoms with van der Waals surface area (Å²) in [5.74, 6) is -0.336. The number of ether oxygens (including phenoxy) is 1. The van der Waals surface area contributed by atoms with Gasteiger partial charge in [-0.15, -0.1) is 0 Å². The SMILES string of the molecule is N#Cc1ccccc1COC(=O)C[C@@H]1CCS(=O)(=O)C1. The lowest BCUT2D eigenvalue weighted by molar-refractivity contribution is -0.145. The summed E-state index contributed by atoms with van der Waals surface area (Å²) >= 11 is 0. The molecular formula is C14H15NO4S. The zero-order valence-electron chi connectivity index (χ0n) is 10.9. The third-order valence-electron chi connectivity index (χ3n) is 3.31. The fraction of sp³-hybridized carbons (Fsp3) is 0.429. The van der Waals surface area contributed by atoms with Gasteiger partial charge in [0.1, 0.15) is 6.61 Å². The van der Waals surface area contributed by atoms with Gasteiger partial charge in [0.05, 0.1) is 23.1 Å². The number of hydrogen-bond donors (Lipinski definition) is 0. The van der Waals surface area contributed by atoms with Crippen molar-refractivity contribution in [3.05, 3.63) is 35.4 Å². The zero-order chi connectivity index (χ0) is 14.6. The van der Waals surface area contributed by atoms with Crippen LogP contribution < -0.4 is 0 Å². The molecule has 0 N–H and O–H groups in total. The van der Waals surface area contributed by atoms with E-state index >= 15 is 0 Å². The molecule has 1 atom stereocenters. The van der Waals surface area contributed by atoms with Crippen molar-refractivity contribution in [3.8, 4) is 6.07 Å². The predicted octanol–water partition coefficient (Wildman–Crippen LogP) is 1.43. The van der Waals surface area contributed by atoms with Crippen LogP contribution >= 0.6 is 0 Å². The Labute approximate surface area is 118 Å². The molecule has 1 aromatic carbocycles. The largest absolute Gasteiger partial charge is 0.461 e. The topological polar surface area (TPSA) is 84.2 Å². The summed E-state index contributed by atoms with van der Waals surface area (Å²) in [6.45, 7) is 0.0437. The Morgan fingerprint density at radius 2 is 2.15 bits per heavy atom. The summed E-state index contributed by atoms with van der Waals surface area (Å²) in [5, 5.41) is 8.91. The van der Waals surface area contributed by atoms with Crippen LogP contribution in [0.4, 0.5) is 0 Å². The van der Waals surface area contributed by atoms with Crippen LogP contribution in [-0.2, 0) is 26.0 Å². The van der Waals surface area contributed by atoms with E-state index in [-0.39, 0.29) is 30.5 Å². The van der Waals surface area contributed by atoms with Gasteiger partial charge in [-0.2, -0.15) is 5.26 Å². The van der Waals surface area contributed by atoms with E-state index in [9.17, 15) is 13.2 Å². The average Bonchev–Trinajstić information content (AvgIpc) is 2.76. The molecule has 1 saturated heterocycles. The molecule has 0 radical (unpaired) electrons. The molecule has 1 aromatic rings. The highest BCUT2D eigenvalue weighted by molar-refractivity contribution is 7.91. The molecule has 0 amide bonds. The fourth-order valence-corrected chi connectivity index (χ4v) is 4.10. The van der Waals surface area contributed by atoms with Crippen molar-refractivity contribution in [1.82, 2.24) is 0 Å². The van der Waals surface area contributed by atoms with Crippen molar-refractivity contribution in [1.29, 1.82) is 5.26 Å². The maximum Gasteiger partial charge on any atom is 0.306 e. The molecule has 1 aliphatic rings. The van der Waals surface area contributed by atoms with Gasteiger partial charge in [-0.05, 0) is 18.4 Å². The second-order valence-corrected chi connectivity index (χ2v) is 7.13. The lowest BCUT2D eigenvalue weighted by atomic mass is 10.1. The van der Waals surface area contributed by atoms with Crippen LogP contribution in [0.2, 0.25) is 0 Å². The van der Waals surface area contributed by atoms with Crippen molar-refractivity contribution in [3.63, 3.8) is 0 Å². The highest BCUT2D eigenvalue weighted by Gasteiger charge is 2.29. The Balaban J connectivity index is 1.86. The Morgan fingerprint density at radius 3 is 2.80 bits per heavy atom. The van der Waals surface area contributed by atoms with E-state index in [0.29, 0.717) is 17.5 Å². The number of benzene rings is 1. The number of hydrogen-bond acceptors (Lipinski definition) is 5. The molecule has 106 valence electrons. The van der Waals surface area contributed by atoms with Gasteiger partial charge in [0.15, 0.2) is 9.84 Å². The minimum atomic E-state index is -2.97. The molecule has 1 fully saturated rings. The van der Waals surface area contributed by atoms with E-state index in [2.05, 4.69) is 0 Å². The number of nitrogens with zero attached hydrogens (tertiary/aromatic N) is 1. The second kappa shape index (κ2) is 6.06. The smallest absolute Gasteiger partial charge is 0.306 e. The number of carbonyl (C=O) groups is 1. The minimum Gasteiger partial charge on any atom is -0.461 e. The van der Waals surface area contributed by atoms with E-state index in [4.69, 9.17) is 10.00 Å². The number of sulfone groups is 1. The lowest BCUT2D eigenvalue weighted by Gasteiger charge is -2.09. The molecule has 0 aromatic heterocycles. The molecule has 1 aliphatic heterocycles. The zero-order valence-corrected chi connectivity index (χ0v) is 11.7. The van der Waals surface area contributed by atoms with Gasteiger partial charge in [-0.25, -0.2) is 8.42 Å². The van der Waals surface area contributed by atoms with E-state index in [1.807, 2.05) is 6.07 Å². The third kappa shape index (κ3) is 3.81. The van der Waals surface area contributed by atoms with Crippen molar-refractivity contribution >= 4 is 15.8 Å². The molecule has 0 bridgehead atoms. The molecule has 2 rings (SSSR count). The molecule has 6 heteroatoms. The molecule has 20 heavy (non-hydrogen) atoms. The Hall–Kier alpha value is -1.87. The maximum atomic E-state index is 11.7. The van der Waals surface area contributed by atoms with Gasteiger partial charge < -0.3 is 4.74 Å². The van der Waals surface area contributed by atoms with Crippen molar-refractivity contribution in [2.75, 3.05) is 11.5 Å². The van der Waals surface area contributed by atoms with Gasteiger partial charge in [0.2, 0.25) is 0 Å². The monoisotopic (exact) mass is 293 g/mol. The first-order valence-electron chi connectivity index (χ1n) is 6.34. The summed E-state index contributed by atoms with van der Waals surface area (Å²) in [6, 6.07) is 8.93. The fourth-order valence-electron chi connectivity index (χ4n) is 2.24. The van der Waals surface area contributed by atoms with Crippen LogP contribution in [0.5, 0.6) is 0 Å². The molecular weight excluding hydrogens is 278 g/mol. The summed E-state index contributed by atoms with van der Waals surface area (Å²) in [4.78, 5) is 11.7. The Kier molecular flexibility index (Phi) is 4.40. The van der Waals surface area contributed by atoms with Crippen LogP contribution in [0.25, 0.3) is 0 Å². The first-order valence-corrected chi connectivity index (χ1v) is 8.16. The number of carbonyl (C=O) groups excluding carboxylic acids is 1. The van der Waals surface area contributed by atoms with Gasteiger partial charge >= 0.3 is 5.97 Å². The van der Waals surface area contributed by atoms with E-state index in [1.54, 1.807) is 24.3 Å². The van der Waals surface area contributed by atoms with Crippen LogP contribution in [0.3, 0.4) is 0 Å². The van der Waals surface area contributed by atoms with Gasteiger partial charge in [0.25, 0.3) is 0 Å². The summed E-state index contributed by atoms with van der Waals surface area (Å²) in [6.07, 6.45) is 0.639. The van der Waals surface area contributed by atoms with Crippen molar-refractivity contribution in [2.45, 2.75) is 19.4 Å². The molecule has 0 unspecified atom stereocenters. The number of esters is 1. The predicted molar refractivity (Wildman–Crippen MR) is 72.3 cm³/mol. The first kappa shape index (κ1) is 14.5. The molecule has 0 spiro atoms. The highest BCUT2D eigenvalue weighted by atomic mass is 32.2. The molecule has 0 saturated carbocycles. The van der Waals surface area contributed by atoms with E-state index in [0.717, 1.165) is 0 Å². The lowest BCUT2D eigenvalue weighted by Crippen LogP contribution is -2.13. The van der Waals surface area contributed by atoms with Crippen molar-refractivity contribution < 1.29 is 17.9 Å². The number of rotatable bonds is 4. The minimum absolute atomic E-state index is 0.0437. The van der Waals surface area contributed by atoms with Crippen LogP contribution in [0.15, 0.2) is 24.3 Å². The third-order valence-corrected chi connectivity index (χ3v) is 5.15. The Morgan fingerprint density at radius 1 is 1.40 bits per heavy atom. The maximum absolute atomic E-state index is 11.7. The summed E-state index contributed by atoms with van der Waals surface area (Å²) in [5.41, 5.74) is 1.13. The summed E-state index contributed by atoms with van der Waals surface area (Å²) in [7, 11) is -2.97. The van der Waals surface area contributed by atoms with Crippen molar-refractivity contribution in [2.24, 2.45) is 5.92 Å². The molecule has 5 nitrogen and oxygen atoms in total. The standard InChI is InChI=1S/C14H15NO4S/c15-8-12-3-1-2-4-13(12)9-19-14(16)7-11-5-6-20(17,18)10-11/h1-4,11H,5-7,9-10H2/t11-/m0/s1. The van der Waals surface area contributed by atoms with Gasteiger partial charge in [0, 0.05) is 12.0 Å². The second-order valence-electron chi connectivity index (χ2n) is 4.90. The van der Waals surface area contributed by atoms with Gasteiger partial charge in [-0.3, -0.25) is 4.79 Å². The van der Waals surface area contributed by atoms with E-state index in [1.165, 1.54) is 0 Å². The Bertz CT molecular complexity index is 645. The van der Waals surface area contributed by atoms with Crippen LogP contribution in [-0.4, -0.2) is 25.9 Å². The van der Waals surface area contributed by atoms with Gasteiger partial charge in [-0.1, -0.05) is 18.2 Å². The average molecular weight is 293 g/mol. The molecule has 0 aliphatic carbocycles.